The Morgan fingerprint density at radius 2 is 2.03 bits per heavy atom. The van der Waals surface area contributed by atoms with Crippen LogP contribution in [0.2, 0.25) is 0 Å². The molecule has 1 saturated heterocycles. The van der Waals surface area contributed by atoms with Crippen molar-refractivity contribution < 1.29 is 27.9 Å². The molecule has 2 aliphatic rings. The zero-order chi connectivity index (χ0) is 21.9. The van der Waals surface area contributed by atoms with Crippen molar-refractivity contribution in [2.24, 2.45) is 0 Å². The van der Waals surface area contributed by atoms with Crippen LogP contribution in [0.5, 0.6) is 0 Å². The molecule has 1 aromatic carbocycles. The van der Waals surface area contributed by atoms with Crippen molar-refractivity contribution in [1.82, 2.24) is 9.80 Å². The standard InChI is InChI=1S/C21H27F2N3O4/c1-21-10-9-19(28)26(21)16-7-4-3-6-15(16)20(29)25(21)11-5-8-18(27)24(12-13-30-2)14-17(22)23/h3-4,6-7,17H,5,8-14H2,1-2H3. The zero-order valence-corrected chi connectivity index (χ0v) is 17.3. The number of para-hydroxylation sites is 1. The minimum Gasteiger partial charge on any atom is -0.383 e. The molecule has 0 N–H and O–H groups in total. The molecule has 3 amide bonds. The summed E-state index contributed by atoms with van der Waals surface area (Å²) in [5, 5.41) is 0. The second-order valence-electron chi connectivity index (χ2n) is 7.75. The number of methoxy groups -OCH3 is 1. The Morgan fingerprint density at radius 1 is 1.30 bits per heavy atom. The van der Waals surface area contributed by atoms with Crippen molar-refractivity contribution >= 4 is 23.4 Å². The van der Waals surface area contributed by atoms with Crippen molar-refractivity contribution in [3.8, 4) is 0 Å². The van der Waals surface area contributed by atoms with Crippen LogP contribution >= 0.6 is 0 Å². The number of carbonyl (C=O) groups excluding carboxylic acids is 3. The molecule has 7 nitrogen and oxygen atoms in total. The predicted molar refractivity (Wildman–Crippen MR) is 106 cm³/mol. The van der Waals surface area contributed by atoms with Crippen LogP contribution in [-0.2, 0) is 14.3 Å². The maximum atomic E-state index is 13.1. The lowest BCUT2D eigenvalue weighted by Crippen LogP contribution is -2.62. The SMILES string of the molecule is COCCN(CC(F)F)C(=O)CCCN1C(=O)c2ccccc2N2C(=O)CCC12C. The van der Waals surface area contributed by atoms with E-state index in [4.69, 9.17) is 4.74 Å². The number of hydrogen-bond acceptors (Lipinski definition) is 4. The zero-order valence-electron chi connectivity index (χ0n) is 17.3. The highest BCUT2D eigenvalue weighted by molar-refractivity contribution is 6.10. The predicted octanol–water partition coefficient (Wildman–Crippen LogP) is 2.51. The van der Waals surface area contributed by atoms with Crippen LogP contribution in [0.25, 0.3) is 0 Å². The Kier molecular flexibility index (Phi) is 6.70. The van der Waals surface area contributed by atoms with Gasteiger partial charge in [-0.15, -0.1) is 0 Å². The fourth-order valence-corrected chi connectivity index (χ4v) is 4.27. The molecule has 30 heavy (non-hydrogen) atoms. The Hall–Kier alpha value is -2.55. The molecule has 0 aromatic heterocycles. The normalized spacial score (nSPS) is 20.6. The van der Waals surface area contributed by atoms with Gasteiger partial charge in [-0.3, -0.25) is 19.3 Å². The number of nitrogens with zero attached hydrogens (tertiary/aromatic N) is 3. The second-order valence-corrected chi connectivity index (χ2v) is 7.75. The molecule has 0 aliphatic carbocycles. The number of amides is 3. The molecule has 1 atom stereocenters. The van der Waals surface area contributed by atoms with E-state index in [1.807, 2.05) is 6.92 Å². The molecule has 1 fully saturated rings. The van der Waals surface area contributed by atoms with E-state index in [1.165, 1.54) is 7.11 Å². The second kappa shape index (κ2) is 9.07. The van der Waals surface area contributed by atoms with Crippen LogP contribution in [-0.4, -0.2) is 73.0 Å². The van der Waals surface area contributed by atoms with Gasteiger partial charge >= 0.3 is 0 Å². The molecule has 9 heteroatoms. The molecule has 2 heterocycles. The summed E-state index contributed by atoms with van der Waals surface area (Å²) < 4.78 is 30.5. The Labute approximate surface area is 174 Å². The molecule has 164 valence electrons. The summed E-state index contributed by atoms with van der Waals surface area (Å²) >= 11 is 0. The van der Waals surface area contributed by atoms with E-state index in [9.17, 15) is 23.2 Å². The number of benzene rings is 1. The molecule has 1 unspecified atom stereocenters. The third-order valence-electron chi connectivity index (χ3n) is 5.79. The molecule has 1 aromatic rings. The van der Waals surface area contributed by atoms with Gasteiger partial charge in [-0.2, -0.15) is 0 Å². The van der Waals surface area contributed by atoms with Crippen LogP contribution < -0.4 is 4.90 Å². The maximum Gasteiger partial charge on any atom is 0.257 e. The van der Waals surface area contributed by atoms with Gasteiger partial charge in [0.2, 0.25) is 11.8 Å². The Balaban J connectivity index is 1.71. The van der Waals surface area contributed by atoms with Gasteiger partial charge in [-0.25, -0.2) is 8.78 Å². The third-order valence-corrected chi connectivity index (χ3v) is 5.79. The van der Waals surface area contributed by atoms with Gasteiger partial charge < -0.3 is 14.5 Å². The average Bonchev–Trinajstić information content (AvgIpc) is 3.02. The number of fused-ring (bicyclic) bond motifs is 3. The summed E-state index contributed by atoms with van der Waals surface area (Å²) in [6.07, 6.45) is -1.43. The minimum atomic E-state index is -2.62. The first kappa shape index (κ1) is 22.1. The number of alkyl halides is 2. The van der Waals surface area contributed by atoms with E-state index in [1.54, 1.807) is 34.1 Å². The summed E-state index contributed by atoms with van der Waals surface area (Å²) in [6, 6.07) is 7.01. The quantitative estimate of drug-likeness (QED) is 0.612. The number of halogens is 2. The van der Waals surface area contributed by atoms with E-state index < -0.39 is 24.5 Å². The van der Waals surface area contributed by atoms with Gasteiger partial charge in [0.15, 0.2) is 0 Å². The van der Waals surface area contributed by atoms with Crippen molar-refractivity contribution in [2.45, 2.75) is 44.7 Å². The molecule has 0 spiro atoms. The number of hydrogen-bond donors (Lipinski definition) is 0. The molecule has 3 rings (SSSR count). The molecular weight excluding hydrogens is 396 g/mol. The largest absolute Gasteiger partial charge is 0.383 e. The summed E-state index contributed by atoms with van der Waals surface area (Å²) in [5.41, 5.74) is 0.281. The molecule has 0 bridgehead atoms. The first-order valence-corrected chi connectivity index (χ1v) is 10.1. The molecular formula is C21H27F2N3O4. The highest BCUT2D eigenvalue weighted by Gasteiger charge is 2.52. The van der Waals surface area contributed by atoms with Crippen LogP contribution in [0.15, 0.2) is 24.3 Å². The molecule has 0 radical (unpaired) electrons. The van der Waals surface area contributed by atoms with Gasteiger partial charge in [-0.05, 0) is 31.9 Å². The van der Waals surface area contributed by atoms with E-state index in [-0.39, 0.29) is 37.9 Å². The van der Waals surface area contributed by atoms with Crippen LogP contribution in [0.3, 0.4) is 0 Å². The van der Waals surface area contributed by atoms with Gasteiger partial charge in [0.1, 0.15) is 5.66 Å². The fourth-order valence-electron chi connectivity index (χ4n) is 4.27. The first-order chi connectivity index (χ1) is 14.3. The molecule has 2 aliphatic heterocycles. The topological polar surface area (TPSA) is 70.2 Å². The molecule has 0 saturated carbocycles. The summed E-state index contributed by atoms with van der Waals surface area (Å²) in [7, 11) is 1.44. The van der Waals surface area contributed by atoms with Crippen LogP contribution in [0, 0.1) is 0 Å². The average molecular weight is 423 g/mol. The number of rotatable bonds is 9. The van der Waals surface area contributed by atoms with Crippen molar-refractivity contribution in [1.29, 1.82) is 0 Å². The number of ether oxygens (including phenoxy) is 1. The van der Waals surface area contributed by atoms with Crippen LogP contribution in [0.1, 0.15) is 43.0 Å². The van der Waals surface area contributed by atoms with Crippen molar-refractivity contribution in [3.63, 3.8) is 0 Å². The fraction of sp³-hybridized carbons (Fsp3) is 0.571. The lowest BCUT2D eigenvalue weighted by atomic mass is 9.98. The van der Waals surface area contributed by atoms with Crippen molar-refractivity contribution in [3.05, 3.63) is 29.8 Å². The smallest absolute Gasteiger partial charge is 0.257 e. The highest BCUT2D eigenvalue weighted by atomic mass is 19.3. The number of anilines is 1. The number of carbonyl (C=O) groups is 3. The van der Waals surface area contributed by atoms with Crippen molar-refractivity contribution in [2.75, 3.05) is 38.3 Å². The van der Waals surface area contributed by atoms with Crippen LogP contribution in [0.4, 0.5) is 14.5 Å². The summed E-state index contributed by atoms with van der Waals surface area (Å²) in [4.78, 5) is 42.5. The monoisotopic (exact) mass is 423 g/mol. The highest BCUT2D eigenvalue weighted by Crippen LogP contribution is 2.44. The summed E-state index contributed by atoms with van der Waals surface area (Å²) in [6.45, 7) is 1.74. The van der Waals surface area contributed by atoms with E-state index >= 15 is 0 Å². The minimum absolute atomic E-state index is 0.0336. The first-order valence-electron chi connectivity index (χ1n) is 10.1. The van der Waals surface area contributed by atoms with Gasteiger partial charge in [0.25, 0.3) is 12.3 Å². The lowest BCUT2D eigenvalue weighted by Gasteiger charge is -2.48. The van der Waals surface area contributed by atoms with E-state index in [0.29, 0.717) is 30.5 Å². The van der Waals surface area contributed by atoms with E-state index in [0.717, 1.165) is 4.90 Å². The maximum absolute atomic E-state index is 13.1. The summed E-state index contributed by atoms with van der Waals surface area (Å²) in [5.74, 6) is -0.627. The Morgan fingerprint density at radius 3 is 2.73 bits per heavy atom. The third kappa shape index (κ3) is 4.16. The Bertz CT molecular complexity index is 819. The lowest BCUT2D eigenvalue weighted by molar-refractivity contribution is -0.134. The van der Waals surface area contributed by atoms with E-state index in [2.05, 4.69) is 0 Å². The van der Waals surface area contributed by atoms with Gasteiger partial charge in [0, 0.05) is 33.0 Å². The van der Waals surface area contributed by atoms with Gasteiger partial charge in [0.05, 0.1) is 24.4 Å². The van der Waals surface area contributed by atoms with Gasteiger partial charge in [-0.1, -0.05) is 12.1 Å².